The summed E-state index contributed by atoms with van der Waals surface area (Å²) in [5.41, 5.74) is 5.38. The standard InChI is InChI=1S/C14H20N2O4/c1-14(2,8-15)13(20)16-11(12(18)19)7-9-3-5-10(17)6-4-9/h3-6,11,17H,7-8,15H2,1-2H3,(H,16,20)(H,18,19)/t11-/m0/s1. The van der Waals surface area contributed by atoms with Gasteiger partial charge in [-0.25, -0.2) is 4.79 Å². The normalized spacial score (nSPS) is 12.8. The van der Waals surface area contributed by atoms with Crippen LogP contribution in [0.15, 0.2) is 24.3 Å². The van der Waals surface area contributed by atoms with Crippen molar-refractivity contribution in [3.05, 3.63) is 29.8 Å². The van der Waals surface area contributed by atoms with Crippen LogP contribution in [0.4, 0.5) is 0 Å². The van der Waals surface area contributed by atoms with Gasteiger partial charge in [0, 0.05) is 13.0 Å². The van der Waals surface area contributed by atoms with Crippen LogP contribution in [-0.2, 0) is 16.0 Å². The van der Waals surface area contributed by atoms with Gasteiger partial charge in [0.2, 0.25) is 5.91 Å². The minimum absolute atomic E-state index is 0.105. The fourth-order valence-electron chi connectivity index (χ4n) is 1.51. The van der Waals surface area contributed by atoms with Gasteiger partial charge in [0.05, 0.1) is 5.41 Å². The highest BCUT2D eigenvalue weighted by Gasteiger charge is 2.30. The summed E-state index contributed by atoms with van der Waals surface area (Å²) in [7, 11) is 0. The molecular formula is C14H20N2O4. The zero-order chi connectivity index (χ0) is 15.3. The number of rotatable bonds is 6. The Hall–Kier alpha value is -2.08. The highest BCUT2D eigenvalue weighted by Crippen LogP contribution is 2.15. The number of nitrogens with two attached hydrogens (primary N) is 1. The molecule has 0 aliphatic heterocycles. The van der Waals surface area contributed by atoms with Gasteiger partial charge in [-0.1, -0.05) is 12.1 Å². The zero-order valence-corrected chi connectivity index (χ0v) is 11.6. The van der Waals surface area contributed by atoms with E-state index in [0.717, 1.165) is 0 Å². The fourth-order valence-corrected chi connectivity index (χ4v) is 1.51. The number of phenolic OH excluding ortho intramolecular Hbond substituents is 1. The van der Waals surface area contributed by atoms with E-state index in [0.29, 0.717) is 5.56 Å². The molecule has 0 fully saturated rings. The van der Waals surface area contributed by atoms with Crippen molar-refractivity contribution >= 4 is 11.9 Å². The first-order valence-electron chi connectivity index (χ1n) is 6.28. The molecule has 0 saturated carbocycles. The second-order valence-electron chi connectivity index (χ2n) is 5.32. The molecule has 1 aromatic rings. The topological polar surface area (TPSA) is 113 Å². The van der Waals surface area contributed by atoms with Crippen LogP contribution < -0.4 is 11.1 Å². The highest BCUT2D eigenvalue weighted by molar-refractivity contribution is 5.87. The summed E-state index contributed by atoms with van der Waals surface area (Å²) < 4.78 is 0. The second-order valence-corrected chi connectivity index (χ2v) is 5.32. The molecule has 0 spiro atoms. The summed E-state index contributed by atoms with van der Waals surface area (Å²) in [4.78, 5) is 23.2. The third-order valence-corrected chi connectivity index (χ3v) is 3.10. The Morgan fingerprint density at radius 2 is 1.85 bits per heavy atom. The van der Waals surface area contributed by atoms with E-state index in [1.165, 1.54) is 12.1 Å². The molecule has 6 heteroatoms. The van der Waals surface area contributed by atoms with Crippen LogP contribution in [0.2, 0.25) is 0 Å². The summed E-state index contributed by atoms with van der Waals surface area (Å²) in [6.07, 6.45) is 0.141. The molecule has 110 valence electrons. The summed E-state index contributed by atoms with van der Waals surface area (Å²) in [5.74, 6) is -1.40. The van der Waals surface area contributed by atoms with Gasteiger partial charge in [0.25, 0.3) is 0 Å². The quantitative estimate of drug-likeness (QED) is 0.605. The van der Waals surface area contributed by atoms with Crippen LogP contribution in [0.1, 0.15) is 19.4 Å². The van der Waals surface area contributed by atoms with E-state index in [2.05, 4.69) is 5.32 Å². The van der Waals surface area contributed by atoms with Crippen molar-refractivity contribution in [2.45, 2.75) is 26.3 Å². The number of phenols is 1. The molecule has 1 atom stereocenters. The maximum atomic E-state index is 12.0. The van der Waals surface area contributed by atoms with Crippen LogP contribution >= 0.6 is 0 Å². The van der Waals surface area contributed by atoms with Crippen molar-refractivity contribution < 1.29 is 19.8 Å². The van der Waals surface area contributed by atoms with Gasteiger partial charge < -0.3 is 21.3 Å². The fraction of sp³-hybridized carbons (Fsp3) is 0.429. The largest absolute Gasteiger partial charge is 0.508 e. The van der Waals surface area contributed by atoms with Crippen molar-refractivity contribution in [3.8, 4) is 5.75 Å². The lowest BCUT2D eigenvalue weighted by molar-refractivity contribution is -0.143. The molecule has 1 rings (SSSR count). The number of hydrogen-bond donors (Lipinski definition) is 4. The molecule has 0 heterocycles. The molecule has 0 saturated heterocycles. The number of carbonyl (C=O) groups is 2. The predicted octanol–water partition coefficient (Wildman–Crippen LogP) is 0.489. The maximum Gasteiger partial charge on any atom is 0.326 e. The van der Waals surface area contributed by atoms with Crippen molar-refractivity contribution in [2.75, 3.05) is 6.54 Å². The van der Waals surface area contributed by atoms with Gasteiger partial charge in [-0.2, -0.15) is 0 Å². The summed E-state index contributed by atoms with van der Waals surface area (Å²) in [6, 6.07) is 5.15. The summed E-state index contributed by atoms with van der Waals surface area (Å²) in [5, 5.41) is 20.9. The van der Waals surface area contributed by atoms with Gasteiger partial charge in [-0.15, -0.1) is 0 Å². The van der Waals surface area contributed by atoms with Gasteiger partial charge in [0.15, 0.2) is 0 Å². The Morgan fingerprint density at radius 1 is 1.30 bits per heavy atom. The van der Waals surface area contributed by atoms with Crippen molar-refractivity contribution in [1.82, 2.24) is 5.32 Å². The SMILES string of the molecule is CC(C)(CN)C(=O)N[C@@H](Cc1ccc(O)cc1)C(=O)O. The van der Waals surface area contributed by atoms with Crippen molar-refractivity contribution in [1.29, 1.82) is 0 Å². The molecule has 0 aromatic heterocycles. The summed E-state index contributed by atoms with van der Waals surface area (Å²) in [6.45, 7) is 3.44. The van der Waals surface area contributed by atoms with Crippen molar-refractivity contribution in [3.63, 3.8) is 0 Å². The third-order valence-electron chi connectivity index (χ3n) is 3.10. The lowest BCUT2D eigenvalue weighted by Gasteiger charge is -2.24. The number of aliphatic carboxylic acids is 1. The lowest BCUT2D eigenvalue weighted by Crippen LogP contribution is -2.49. The predicted molar refractivity (Wildman–Crippen MR) is 74.2 cm³/mol. The number of nitrogens with one attached hydrogen (secondary N) is 1. The number of aromatic hydroxyl groups is 1. The number of carboxylic acids is 1. The Bertz CT molecular complexity index is 482. The Morgan fingerprint density at radius 3 is 2.30 bits per heavy atom. The first-order valence-corrected chi connectivity index (χ1v) is 6.28. The second kappa shape index (κ2) is 6.38. The average Bonchev–Trinajstić information content (AvgIpc) is 2.40. The van der Waals surface area contributed by atoms with Gasteiger partial charge in [-0.05, 0) is 31.5 Å². The molecular weight excluding hydrogens is 260 g/mol. The molecule has 0 bridgehead atoms. The zero-order valence-electron chi connectivity index (χ0n) is 11.6. The molecule has 5 N–H and O–H groups in total. The van der Waals surface area contributed by atoms with Crippen molar-refractivity contribution in [2.24, 2.45) is 11.1 Å². The van der Waals surface area contributed by atoms with Gasteiger partial charge >= 0.3 is 5.97 Å². The van der Waals surface area contributed by atoms with E-state index in [1.54, 1.807) is 26.0 Å². The van der Waals surface area contributed by atoms with E-state index >= 15 is 0 Å². The number of hydrogen-bond acceptors (Lipinski definition) is 4. The van der Waals surface area contributed by atoms with Crippen LogP contribution in [0.3, 0.4) is 0 Å². The van der Waals surface area contributed by atoms with Crippen LogP contribution in [0.5, 0.6) is 5.75 Å². The maximum absolute atomic E-state index is 12.0. The van der Waals surface area contributed by atoms with E-state index in [-0.39, 0.29) is 18.7 Å². The van der Waals surface area contributed by atoms with Crippen LogP contribution in [0.25, 0.3) is 0 Å². The van der Waals surface area contributed by atoms with Crippen LogP contribution in [0, 0.1) is 5.41 Å². The number of carboxylic acid groups (broad SMARTS) is 1. The minimum Gasteiger partial charge on any atom is -0.508 e. The smallest absolute Gasteiger partial charge is 0.326 e. The van der Waals surface area contributed by atoms with Gasteiger partial charge in [0.1, 0.15) is 11.8 Å². The van der Waals surface area contributed by atoms with E-state index < -0.39 is 23.3 Å². The molecule has 0 unspecified atom stereocenters. The number of carbonyl (C=O) groups excluding carboxylic acids is 1. The Balaban J connectivity index is 2.78. The first kappa shape index (κ1) is 16.0. The van der Waals surface area contributed by atoms with Crippen LogP contribution in [-0.4, -0.2) is 34.7 Å². The third kappa shape index (κ3) is 4.24. The summed E-state index contributed by atoms with van der Waals surface area (Å²) >= 11 is 0. The van der Waals surface area contributed by atoms with E-state index in [1.807, 2.05) is 0 Å². The monoisotopic (exact) mass is 280 g/mol. The molecule has 0 aliphatic rings. The minimum atomic E-state index is -1.11. The molecule has 20 heavy (non-hydrogen) atoms. The van der Waals surface area contributed by atoms with Gasteiger partial charge in [-0.3, -0.25) is 4.79 Å². The van der Waals surface area contributed by atoms with E-state index in [4.69, 9.17) is 5.73 Å². The molecule has 0 aliphatic carbocycles. The Kier molecular flexibility index (Phi) is 5.10. The highest BCUT2D eigenvalue weighted by atomic mass is 16.4. The van der Waals surface area contributed by atoms with E-state index in [9.17, 15) is 19.8 Å². The molecule has 1 amide bonds. The molecule has 0 radical (unpaired) electrons. The number of benzene rings is 1. The molecule has 1 aromatic carbocycles. The number of amides is 1. The first-order chi connectivity index (χ1) is 9.26. The molecule has 6 nitrogen and oxygen atoms in total. The Labute approximate surface area is 117 Å². The lowest BCUT2D eigenvalue weighted by atomic mass is 9.92. The average molecular weight is 280 g/mol.